The van der Waals surface area contributed by atoms with Crippen molar-refractivity contribution in [2.24, 2.45) is 0 Å². The zero-order chi connectivity index (χ0) is 13.5. The largest absolute Gasteiger partial charge is 0.395 e. The van der Waals surface area contributed by atoms with Gasteiger partial charge in [-0.1, -0.05) is 11.6 Å². The number of methoxy groups -OCH3 is 1. The van der Waals surface area contributed by atoms with Crippen LogP contribution in [0.25, 0.3) is 0 Å². The lowest BCUT2D eigenvalue weighted by molar-refractivity contribution is 0.0652. The van der Waals surface area contributed by atoms with E-state index in [1.54, 1.807) is 13.0 Å². The molecule has 0 aliphatic carbocycles. The molecule has 1 amide bonds. The molecule has 0 aliphatic heterocycles. The zero-order valence-electron chi connectivity index (χ0n) is 10.6. The Labute approximate surface area is 106 Å². The molecule has 0 saturated carbocycles. The SMILES string of the molecule is COCCN(CCO)C(=O)c1cc(C)ccc1F. The van der Waals surface area contributed by atoms with Gasteiger partial charge in [-0.05, 0) is 19.1 Å². The Hall–Kier alpha value is -1.46. The van der Waals surface area contributed by atoms with Gasteiger partial charge in [-0.3, -0.25) is 4.79 Å². The minimum atomic E-state index is -0.550. The Kier molecular flexibility index (Phi) is 5.74. The number of aryl methyl sites for hydroxylation is 1. The molecule has 0 unspecified atom stereocenters. The van der Waals surface area contributed by atoms with Crippen LogP contribution in [0.4, 0.5) is 4.39 Å². The van der Waals surface area contributed by atoms with E-state index in [1.807, 2.05) is 0 Å². The highest BCUT2D eigenvalue weighted by atomic mass is 19.1. The van der Waals surface area contributed by atoms with Crippen molar-refractivity contribution in [3.8, 4) is 0 Å². The number of halogens is 1. The summed E-state index contributed by atoms with van der Waals surface area (Å²) in [5.74, 6) is -0.978. The van der Waals surface area contributed by atoms with E-state index >= 15 is 0 Å². The summed E-state index contributed by atoms with van der Waals surface area (Å²) in [6.07, 6.45) is 0. The van der Waals surface area contributed by atoms with Crippen LogP contribution in [0.2, 0.25) is 0 Å². The Morgan fingerprint density at radius 2 is 2.17 bits per heavy atom. The lowest BCUT2D eigenvalue weighted by Crippen LogP contribution is -2.36. The van der Waals surface area contributed by atoms with Gasteiger partial charge in [-0.25, -0.2) is 4.39 Å². The van der Waals surface area contributed by atoms with Crippen molar-refractivity contribution in [1.82, 2.24) is 4.90 Å². The minimum absolute atomic E-state index is 0.0274. The van der Waals surface area contributed by atoms with Crippen LogP contribution < -0.4 is 0 Å². The minimum Gasteiger partial charge on any atom is -0.395 e. The number of amides is 1. The highest BCUT2D eigenvalue weighted by Gasteiger charge is 2.18. The zero-order valence-corrected chi connectivity index (χ0v) is 10.6. The molecule has 1 aromatic rings. The van der Waals surface area contributed by atoms with Crippen LogP contribution in [-0.4, -0.2) is 49.3 Å². The van der Waals surface area contributed by atoms with Gasteiger partial charge in [-0.15, -0.1) is 0 Å². The van der Waals surface area contributed by atoms with Crippen molar-refractivity contribution in [2.75, 3.05) is 33.4 Å². The van der Waals surface area contributed by atoms with E-state index in [0.717, 1.165) is 5.56 Å². The maximum absolute atomic E-state index is 13.6. The molecule has 0 saturated heterocycles. The molecular weight excluding hydrogens is 237 g/mol. The van der Waals surface area contributed by atoms with Gasteiger partial charge < -0.3 is 14.7 Å². The van der Waals surface area contributed by atoms with Crippen molar-refractivity contribution >= 4 is 5.91 Å². The third-order valence-corrected chi connectivity index (χ3v) is 2.57. The van der Waals surface area contributed by atoms with Gasteiger partial charge in [0.25, 0.3) is 5.91 Å². The number of hydrogen-bond acceptors (Lipinski definition) is 3. The second-order valence-corrected chi connectivity index (χ2v) is 3.99. The average Bonchev–Trinajstić information content (AvgIpc) is 2.36. The van der Waals surface area contributed by atoms with Gasteiger partial charge in [0.15, 0.2) is 0 Å². The Morgan fingerprint density at radius 3 is 2.78 bits per heavy atom. The van der Waals surface area contributed by atoms with Crippen LogP contribution in [0.5, 0.6) is 0 Å². The number of nitrogens with zero attached hydrogens (tertiary/aromatic N) is 1. The third-order valence-electron chi connectivity index (χ3n) is 2.57. The number of rotatable bonds is 6. The van der Waals surface area contributed by atoms with Gasteiger partial charge in [0.2, 0.25) is 0 Å². The molecule has 0 bridgehead atoms. The van der Waals surface area contributed by atoms with Crippen LogP contribution in [0.3, 0.4) is 0 Å². The highest BCUT2D eigenvalue weighted by Crippen LogP contribution is 2.12. The molecule has 4 nitrogen and oxygen atoms in total. The summed E-state index contributed by atoms with van der Waals surface area (Å²) in [4.78, 5) is 13.5. The number of ether oxygens (including phenoxy) is 1. The van der Waals surface area contributed by atoms with E-state index in [2.05, 4.69) is 0 Å². The molecule has 0 aliphatic rings. The number of carbonyl (C=O) groups is 1. The summed E-state index contributed by atoms with van der Waals surface area (Å²) in [5.41, 5.74) is 0.843. The Morgan fingerprint density at radius 1 is 1.44 bits per heavy atom. The predicted molar refractivity (Wildman–Crippen MR) is 66.0 cm³/mol. The van der Waals surface area contributed by atoms with Crippen molar-refractivity contribution < 1.29 is 19.0 Å². The first kappa shape index (κ1) is 14.6. The summed E-state index contributed by atoms with van der Waals surface area (Å²) >= 11 is 0. The molecule has 1 N–H and O–H groups in total. The maximum Gasteiger partial charge on any atom is 0.256 e. The first-order valence-corrected chi connectivity index (χ1v) is 5.75. The molecule has 0 radical (unpaired) electrons. The van der Waals surface area contributed by atoms with E-state index in [4.69, 9.17) is 9.84 Å². The standard InChI is InChI=1S/C13H18FNO3/c1-10-3-4-12(14)11(9-10)13(17)15(5-7-16)6-8-18-2/h3-4,9,16H,5-8H2,1-2H3. The number of aliphatic hydroxyl groups excluding tert-OH is 1. The molecule has 1 aromatic carbocycles. The van der Waals surface area contributed by atoms with E-state index in [0.29, 0.717) is 13.2 Å². The van der Waals surface area contributed by atoms with Gasteiger partial charge in [0.1, 0.15) is 5.82 Å². The second kappa shape index (κ2) is 7.08. The molecule has 0 fully saturated rings. The fraction of sp³-hybridized carbons (Fsp3) is 0.462. The monoisotopic (exact) mass is 255 g/mol. The summed E-state index contributed by atoms with van der Waals surface area (Å²) in [6.45, 7) is 2.46. The van der Waals surface area contributed by atoms with Gasteiger partial charge in [0.05, 0.1) is 18.8 Å². The van der Waals surface area contributed by atoms with Crippen LogP contribution >= 0.6 is 0 Å². The summed E-state index contributed by atoms with van der Waals surface area (Å²) in [7, 11) is 1.52. The molecule has 0 aromatic heterocycles. The van der Waals surface area contributed by atoms with E-state index < -0.39 is 11.7 Å². The van der Waals surface area contributed by atoms with Crippen molar-refractivity contribution in [2.45, 2.75) is 6.92 Å². The average molecular weight is 255 g/mol. The van der Waals surface area contributed by atoms with Crippen molar-refractivity contribution in [3.63, 3.8) is 0 Å². The molecule has 18 heavy (non-hydrogen) atoms. The molecule has 0 atom stereocenters. The van der Waals surface area contributed by atoms with Crippen molar-refractivity contribution in [3.05, 3.63) is 35.1 Å². The predicted octanol–water partition coefficient (Wildman–Crippen LogP) is 1.22. The molecule has 0 spiro atoms. The quantitative estimate of drug-likeness (QED) is 0.831. The summed E-state index contributed by atoms with van der Waals surface area (Å²) in [5, 5.41) is 8.93. The topological polar surface area (TPSA) is 49.8 Å². The number of carbonyl (C=O) groups excluding carboxylic acids is 1. The van der Waals surface area contributed by atoms with Crippen LogP contribution in [0.15, 0.2) is 18.2 Å². The Bertz CT molecular complexity index is 409. The summed E-state index contributed by atoms with van der Waals surface area (Å²) < 4.78 is 18.5. The number of benzene rings is 1. The van der Waals surface area contributed by atoms with Gasteiger partial charge in [-0.2, -0.15) is 0 Å². The molecule has 1 rings (SSSR count). The smallest absolute Gasteiger partial charge is 0.256 e. The van der Waals surface area contributed by atoms with E-state index in [-0.39, 0.29) is 18.7 Å². The van der Waals surface area contributed by atoms with Crippen molar-refractivity contribution in [1.29, 1.82) is 0 Å². The lowest BCUT2D eigenvalue weighted by atomic mass is 10.1. The van der Waals surface area contributed by atoms with E-state index in [1.165, 1.54) is 24.1 Å². The highest BCUT2D eigenvalue weighted by molar-refractivity contribution is 5.94. The van der Waals surface area contributed by atoms with Crippen LogP contribution in [0.1, 0.15) is 15.9 Å². The summed E-state index contributed by atoms with van der Waals surface area (Å²) in [6, 6.07) is 4.39. The molecule has 5 heteroatoms. The van der Waals surface area contributed by atoms with Crippen LogP contribution in [0, 0.1) is 12.7 Å². The molecular formula is C13H18FNO3. The Balaban J connectivity index is 2.90. The maximum atomic E-state index is 13.6. The van der Waals surface area contributed by atoms with Gasteiger partial charge in [0, 0.05) is 20.2 Å². The molecule has 100 valence electrons. The first-order chi connectivity index (χ1) is 8.60. The fourth-order valence-corrected chi connectivity index (χ4v) is 1.61. The van der Waals surface area contributed by atoms with Crippen LogP contribution in [-0.2, 0) is 4.74 Å². The number of hydrogen-bond donors (Lipinski definition) is 1. The lowest BCUT2D eigenvalue weighted by Gasteiger charge is -2.21. The van der Waals surface area contributed by atoms with E-state index in [9.17, 15) is 9.18 Å². The number of aliphatic hydroxyl groups is 1. The first-order valence-electron chi connectivity index (χ1n) is 5.75. The normalized spacial score (nSPS) is 10.4. The van der Waals surface area contributed by atoms with Gasteiger partial charge >= 0.3 is 0 Å². The molecule has 0 heterocycles. The fourth-order valence-electron chi connectivity index (χ4n) is 1.61. The third kappa shape index (κ3) is 3.78. The second-order valence-electron chi connectivity index (χ2n) is 3.99.